The van der Waals surface area contributed by atoms with Crippen LogP contribution < -0.4 is 0 Å². The van der Waals surface area contributed by atoms with Crippen molar-refractivity contribution < 1.29 is 22.3 Å². The van der Waals surface area contributed by atoms with Gasteiger partial charge in [0, 0.05) is 6.61 Å². The molecule has 3 nitrogen and oxygen atoms in total. The Hall–Kier alpha value is -1.01. The van der Waals surface area contributed by atoms with Crippen LogP contribution in [0.15, 0.2) is 23.1 Å². The van der Waals surface area contributed by atoms with E-state index in [2.05, 4.69) is 0 Å². The van der Waals surface area contributed by atoms with Crippen molar-refractivity contribution in [1.82, 2.24) is 0 Å². The van der Waals surface area contributed by atoms with Crippen LogP contribution in [0.2, 0.25) is 0 Å². The van der Waals surface area contributed by atoms with Gasteiger partial charge in [-0.1, -0.05) is 0 Å². The molecule has 0 bridgehead atoms. The van der Waals surface area contributed by atoms with Gasteiger partial charge in [0.1, 0.15) is 0 Å². The Bertz CT molecular complexity index is 457. The van der Waals surface area contributed by atoms with Crippen molar-refractivity contribution >= 4 is 9.84 Å². The summed E-state index contributed by atoms with van der Waals surface area (Å²) in [6.45, 7) is -0.0900. The third kappa shape index (κ3) is 3.24. The molecular weight excluding hydrogens is 238 g/mol. The molecule has 0 atom stereocenters. The van der Waals surface area contributed by atoms with Crippen LogP contribution in [-0.4, -0.2) is 25.9 Å². The maximum absolute atomic E-state index is 12.8. The van der Waals surface area contributed by atoms with Gasteiger partial charge >= 0.3 is 0 Å². The van der Waals surface area contributed by atoms with Crippen LogP contribution >= 0.6 is 0 Å². The minimum atomic E-state index is -3.59. The molecule has 0 aliphatic heterocycles. The van der Waals surface area contributed by atoms with Crippen molar-refractivity contribution in [3.63, 3.8) is 0 Å². The van der Waals surface area contributed by atoms with E-state index in [1.807, 2.05) is 0 Å². The molecule has 90 valence electrons. The van der Waals surface area contributed by atoms with Gasteiger partial charge in [-0.05, 0) is 31.0 Å². The summed E-state index contributed by atoms with van der Waals surface area (Å²) in [5.74, 6) is -2.43. The second-order valence-corrected chi connectivity index (χ2v) is 5.43. The predicted octanol–water partition coefficient (Wildman–Crippen LogP) is 1.51. The van der Waals surface area contributed by atoms with Crippen LogP contribution in [-0.2, 0) is 9.84 Å². The molecule has 0 heterocycles. The number of unbranched alkanes of at least 4 members (excludes halogenated alkanes) is 1. The number of aliphatic hydroxyl groups excluding tert-OH is 1. The summed E-state index contributed by atoms with van der Waals surface area (Å²) < 4.78 is 48.6. The smallest absolute Gasteiger partial charge is 0.178 e. The van der Waals surface area contributed by atoms with E-state index in [-0.39, 0.29) is 23.7 Å². The molecule has 0 aliphatic carbocycles. The second-order valence-electron chi connectivity index (χ2n) is 3.33. The number of hydrogen-bond donors (Lipinski definition) is 1. The van der Waals surface area contributed by atoms with E-state index in [1.165, 1.54) is 0 Å². The molecule has 0 aromatic heterocycles. The molecule has 1 aromatic carbocycles. The quantitative estimate of drug-likeness (QED) is 0.636. The van der Waals surface area contributed by atoms with Gasteiger partial charge in [0.15, 0.2) is 21.5 Å². The lowest BCUT2D eigenvalue weighted by Crippen LogP contribution is -2.08. The maximum Gasteiger partial charge on any atom is 0.178 e. The summed E-state index contributed by atoms with van der Waals surface area (Å²) in [6.07, 6.45) is 0.654. The van der Waals surface area contributed by atoms with Gasteiger partial charge in [-0.25, -0.2) is 17.2 Å². The van der Waals surface area contributed by atoms with Crippen LogP contribution in [0.1, 0.15) is 12.8 Å². The first kappa shape index (κ1) is 13.1. The number of halogens is 2. The van der Waals surface area contributed by atoms with Crippen molar-refractivity contribution in [3.05, 3.63) is 29.8 Å². The van der Waals surface area contributed by atoms with Gasteiger partial charge in [-0.2, -0.15) is 0 Å². The molecule has 0 fully saturated rings. The van der Waals surface area contributed by atoms with Crippen molar-refractivity contribution in [2.75, 3.05) is 12.4 Å². The summed E-state index contributed by atoms with van der Waals surface area (Å²) in [4.78, 5) is -0.232. The topological polar surface area (TPSA) is 54.4 Å². The average Bonchev–Trinajstić information content (AvgIpc) is 2.22. The number of hydrogen-bond acceptors (Lipinski definition) is 3. The Morgan fingerprint density at radius 3 is 2.38 bits per heavy atom. The highest BCUT2D eigenvalue weighted by Gasteiger charge is 2.16. The second kappa shape index (κ2) is 5.36. The minimum Gasteiger partial charge on any atom is -0.396 e. The zero-order chi connectivity index (χ0) is 12.2. The molecular formula is C10H12F2O3S. The average molecular weight is 250 g/mol. The number of benzene rings is 1. The van der Waals surface area contributed by atoms with Crippen molar-refractivity contribution in [2.45, 2.75) is 17.7 Å². The number of aliphatic hydroxyl groups is 1. The molecule has 0 amide bonds. The monoisotopic (exact) mass is 250 g/mol. The SMILES string of the molecule is O=S(=O)(CCCCO)c1ccc(F)c(F)c1. The van der Waals surface area contributed by atoms with E-state index in [4.69, 9.17) is 5.11 Å². The molecule has 1 N–H and O–H groups in total. The first-order valence-electron chi connectivity index (χ1n) is 4.76. The molecule has 1 rings (SSSR count). The Labute approximate surface area is 92.6 Å². The largest absolute Gasteiger partial charge is 0.396 e. The lowest BCUT2D eigenvalue weighted by molar-refractivity contribution is 0.287. The third-order valence-corrected chi connectivity index (χ3v) is 3.87. The summed E-state index contributed by atoms with van der Waals surface area (Å²) in [5.41, 5.74) is 0. The lowest BCUT2D eigenvalue weighted by Gasteiger charge is -2.04. The molecule has 0 saturated heterocycles. The fourth-order valence-electron chi connectivity index (χ4n) is 1.19. The van der Waals surface area contributed by atoms with Crippen molar-refractivity contribution in [1.29, 1.82) is 0 Å². The van der Waals surface area contributed by atoms with Gasteiger partial charge in [0.05, 0.1) is 10.6 Å². The third-order valence-electron chi connectivity index (χ3n) is 2.07. The highest BCUT2D eigenvalue weighted by Crippen LogP contribution is 2.16. The molecule has 16 heavy (non-hydrogen) atoms. The fraction of sp³-hybridized carbons (Fsp3) is 0.400. The van der Waals surface area contributed by atoms with Crippen LogP contribution in [0, 0.1) is 11.6 Å². The highest BCUT2D eigenvalue weighted by atomic mass is 32.2. The lowest BCUT2D eigenvalue weighted by atomic mass is 10.3. The van der Waals surface area contributed by atoms with Gasteiger partial charge in [0.2, 0.25) is 0 Å². The molecule has 0 saturated carbocycles. The van der Waals surface area contributed by atoms with E-state index in [1.54, 1.807) is 0 Å². The van der Waals surface area contributed by atoms with Crippen molar-refractivity contribution in [2.24, 2.45) is 0 Å². The number of rotatable bonds is 5. The van der Waals surface area contributed by atoms with Gasteiger partial charge < -0.3 is 5.11 Å². The first-order chi connectivity index (χ1) is 7.47. The Morgan fingerprint density at radius 1 is 1.12 bits per heavy atom. The van der Waals surface area contributed by atoms with E-state index >= 15 is 0 Å². The van der Waals surface area contributed by atoms with E-state index in [9.17, 15) is 17.2 Å². The maximum atomic E-state index is 12.8. The molecule has 6 heteroatoms. The highest BCUT2D eigenvalue weighted by molar-refractivity contribution is 7.91. The van der Waals surface area contributed by atoms with E-state index in [0.717, 1.165) is 12.1 Å². The minimum absolute atomic E-state index is 0.0900. The number of sulfone groups is 1. The molecule has 0 aliphatic rings. The van der Waals surface area contributed by atoms with Crippen molar-refractivity contribution in [3.8, 4) is 0 Å². The Morgan fingerprint density at radius 2 is 1.81 bits per heavy atom. The molecule has 0 spiro atoms. The van der Waals surface area contributed by atoms with Gasteiger partial charge in [-0.15, -0.1) is 0 Å². The van der Waals surface area contributed by atoms with Crippen LogP contribution in [0.5, 0.6) is 0 Å². The van der Waals surface area contributed by atoms with E-state index in [0.29, 0.717) is 12.5 Å². The summed E-state index contributed by atoms with van der Waals surface area (Å²) in [7, 11) is -3.59. The van der Waals surface area contributed by atoms with Gasteiger partial charge in [-0.3, -0.25) is 0 Å². The first-order valence-corrected chi connectivity index (χ1v) is 6.41. The summed E-state index contributed by atoms with van der Waals surface area (Å²) in [6, 6.07) is 2.49. The summed E-state index contributed by atoms with van der Waals surface area (Å²) in [5, 5.41) is 8.51. The normalized spacial score (nSPS) is 11.7. The van der Waals surface area contributed by atoms with Gasteiger partial charge in [0.25, 0.3) is 0 Å². The fourth-order valence-corrected chi connectivity index (χ4v) is 2.57. The molecule has 0 unspecified atom stereocenters. The molecule has 1 aromatic rings. The standard InChI is InChI=1S/C10H12F2O3S/c11-9-4-3-8(7-10(9)12)16(14,15)6-2-1-5-13/h3-4,7,13H,1-2,5-6H2. The zero-order valence-corrected chi connectivity index (χ0v) is 9.30. The Balaban J connectivity index is 2.86. The van der Waals surface area contributed by atoms with Crippen LogP contribution in [0.25, 0.3) is 0 Å². The Kier molecular flexibility index (Phi) is 4.37. The van der Waals surface area contributed by atoms with Crippen LogP contribution in [0.3, 0.4) is 0 Å². The zero-order valence-electron chi connectivity index (χ0n) is 8.49. The van der Waals surface area contributed by atoms with E-state index < -0.39 is 21.5 Å². The van der Waals surface area contributed by atoms with Crippen LogP contribution in [0.4, 0.5) is 8.78 Å². The molecule has 0 radical (unpaired) electrons. The predicted molar refractivity (Wildman–Crippen MR) is 54.7 cm³/mol. The summed E-state index contributed by atoms with van der Waals surface area (Å²) >= 11 is 0.